The highest BCUT2D eigenvalue weighted by molar-refractivity contribution is 5.81. The fourth-order valence-corrected chi connectivity index (χ4v) is 2.63. The number of aliphatic hydroxyl groups is 1. The largest absolute Gasteiger partial charge is 0.393 e. The van der Waals surface area contributed by atoms with E-state index in [1.165, 1.54) is 0 Å². The minimum Gasteiger partial charge on any atom is -0.393 e. The first-order chi connectivity index (χ1) is 7.75. The third-order valence-corrected chi connectivity index (χ3v) is 3.76. The van der Waals surface area contributed by atoms with E-state index in [9.17, 15) is 9.90 Å². The number of hydrogen-bond donors (Lipinski definition) is 3. The van der Waals surface area contributed by atoms with Crippen molar-refractivity contribution in [1.29, 1.82) is 0 Å². The quantitative estimate of drug-likeness (QED) is 0.653. The SMILES string of the molecule is O=C(NCC1CCC(O)CC1)C1CCCN1. The van der Waals surface area contributed by atoms with Gasteiger partial charge in [-0.1, -0.05) is 0 Å². The molecule has 3 N–H and O–H groups in total. The Morgan fingerprint density at radius 1 is 1.25 bits per heavy atom. The van der Waals surface area contributed by atoms with E-state index in [1.807, 2.05) is 0 Å². The van der Waals surface area contributed by atoms with Gasteiger partial charge < -0.3 is 15.7 Å². The second-order valence-corrected chi connectivity index (χ2v) is 5.07. The molecule has 16 heavy (non-hydrogen) atoms. The van der Waals surface area contributed by atoms with Crippen molar-refractivity contribution >= 4 is 5.91 Å². The Morgan fingerprint density at radius 2 is 2.00 bits per heavy atom. The number of aliphatic hydroxyl groups excluding tert-OH is 1. The van der Waals surface area contributed by atoms with Crippen molar-refractivity contribution in [2.24, 2.45) is 5.92 Å². The van der Waals surface area contributed by atoms with Crippen molar-refractivity contribution in [3.05, 3.63) is 0 Å². The van der Waals surface area contributed by atoms with Crippen molar-refractivity contribution in [3.8, 4) is 0 Å². The van der Waals surface area contributed by atoms with E-state index in [0.29, 0.717) is 5.92 Å². The van der Waals surface area contributed by atoms with Crippen molar-refractivity contribution in [2.75, 3.05) is 13.1 Å². The first-order valence-electron chi connectivity index (χ1n) is 6.45. The molecule has 0 aromatic heterocycles. The molecule has 92 valence electrons. The van der Waals surface area contributed by atoms with Crippen LogP contribution in [0.25, 0.3) is 0 Å². The Balaban J connectivity index is 1.65. The Labute approximate surface area is 96.8 Å². The third kappa shape index (κ3) is 3.19. The lowest BCUT2D eigenvalue weighted by molar-refractivity contribution is -0.123. The average Bonchev–Trinajstić information content (AvgIpc) is 2.81. The summed E-state index contributed by atoms with van der Waals surface area (Å²) in [6.45, 7) is 1.75. The van der Waals surface area contributed by atoms with Gasteiger partial charge >= 0.3 is 0 Å². The zero-order valence-electron chi connectivity index (χ0n) is 9.74. The molecule has 1 saturated heterocycles. The van der Waals surface area contributed by atoms with Gasteiger partial charge in [-0.25, -0.2) is 0 Å². The first-order valence-corrected chi connectivity index (χ1v) is 6.45. The molecule has 2 aliphatic rings. The fraction of sp³-hybridized carbons (Fsp3) is 0.917. The number of hydrogen-bond acceptors (Lipinski definition) is 3. The van der Waals surface area contributed by atoms with Gasteiger partial charge in [0.25, 0.3) is 0 Å². The van der Waals surface area contributed by atoms with Crippen LogP contribution in [0.15, 0.2) is 0 Å². The van der Waals surface area contributed by atoms with Crippen LogP contribution in [0.2, 0.25) is 0 Å². The minimum atomic E-state index is -0.108. The van der Waals surface area contributed by atoms with Gasteiger partial charge in [-0.05, 0) is 51.0 Å². The summed E-state index contributed by atoms with van der Waals surface area (Å²) < 4.78 is 0. The van der Waals surface area contributed by atoms with Crippen LogP contribution in [0.4, 0.5) is 0 Å². The van der Waals surface area contributed by atoms with Gasteiger partial charge in [-0.15, -0.1) is 0 Å². The molecule has 4 nitrogen and oxygen atoms in total. The summed E-state index contributed by atoms with van der Waals surface area (Å²) in [5, 5.41) is 15.6. The van der Waals surface area contributed by atoms with Gasteiger partial charge in [-0.2, -0.15) is 0 Å². The predicted molar refractivity (Wildman–Crippen MR) is 62.0 cm³/mol. The number of rotatable bonds is 3. The Kier molecular flexibility index (Phi) is 4.18. The van der Waals surface area contributed by atoms with Crippen LogP contribution in [0, 0.1) is 5.92 Å². The molecule has 1 aliphatic carbocycles. The van der Waals surface area contributed by atoms with Crippen LogP contribution < -0.4 is 10.6 Å². The summed E-state index contributed by atoms with van der Waals surface area (Å²) in [6, 6.07) is 0.0363. The van der Waals surface area contributed by atoms with Crippen LogP contribution in [-0.2, 0) is 4.79 Å². The molecule has 0 aromatic rings. The lowest BCUT2D eigenvalue weighted by Gasteiger charge is -2.25. The highest BCUT2D eigenvalue weighted by Crippen LogP contribution is 2.23. The highest BCUT2D eigenvalue weighted by Gasteiger charge is 2.24. The molecule has 1 atom stereocenters. The maximum absolute atomic E-state index is 11.7. The summed E-state index contributed by atoms with van der Waals surface area (Å²) in [7, 11) is 0. The molecule has 1 saturated carbocycles. The summed E-state index contributed by atoms with van der Waals surface area (Å²) in [5.41, 5.74) is 0. The average molecular weight is 226 g/mol. The summed E-state index contributed by atoms with van der Waals surface area (Å²) in [5.74, 6) is 0.720. The number of nitrogens with one attached hydrogen (secondary N) is 2. The van der Waals surface area contributed by atoms with Crippen LogP contribution >= 0.6 is 0 Å². The van der Waals surface area contributed by atoms with Crippen molar-refractivity contribution < 1.29 is 9.90 Å². The van der Waals surface area contributed by atoms with Gasteiger partial charge in [0.2, 0.25) is 5.91 Å². The maximum Gasteiger partial charge on any atom is 0.237 e. The van der Waals surface area contributed by atoms with Gasteiger partial charge in [0.15, 0.2) is 0 Å². The summed E-state index contributed by atoms with van der Waals surface area (Å²) in [4.78, 5) is 11.7. The molecular formula is C12H22N2O2. The van der Waals surface area contributed by atoms with E-state index in [4.69, 9.17) is 0 Å². The topological polar surface area (TPSA) is 61.4 Å². The van der Waals surface area contributed by atoms with Crippen LogP contribution in [0.1, 0.15) is 38.5 Å². The van der Waals surface area contributed by atoms with E-state index in [-0.39, 0.29) is 18.1 Å². The van der Waals surface area contributed by atoms with Crippen molar-refractivity contribution in [3.63, 3.8) is 0 Å². The molecule has 0 aromatic carbocycles. The zero-order valence-corrected chi connectivity index (χ0v) is 9.74. The number of carbonyl (C=O) groups is 1. The van der Waals surface area contributed by atoms with E-state index >= 15 is 0 Å². The Bertz CT molecular complexity index is 231. The van der Waals surface area contributed by atoms with E-state index in [0.717, 1.165) is 51.6 Å². The van der Waals surface area contributed by atoms with Gasteiger partial charge in [0, 0.05) is 6.54 Å². The maximum atomic E-state index is 11.7. The lowest BCUT2D eigenvalue weighted by atomic mass is 9.87. The molecule has 1 aliphatic heterocycles. The first kappa shape index (κ1) is 11.9. The van der Waals surface area contributed by atoms with Crippen molar-refractivity contribution in [1.82, 2.24) is 10.6 Å². The van der Waals surface area contributed by atoms with Gasteiger partial charge in [-0.3, -0.25) is 4.79 Å². The summed E-state index contributed by atoms with van der Waals surface area (Å²) in [6.07, 6.45) is 5.83. The summed E-state index contributed by atoms with van der Waals surface area (Å²) >= 11 is 0. The molecule has 0 radical (unpaired) electrons. The fourth-order valence-electron chi connectivity index (χ4n) is 2.63. The van der Waals surface area contributed by atoms with Gasteiger partial charge in [0.05, 0.1) is 12.1 Å². The van der Waals surface area contributed by atoms with E-state index < -0.39 is 0 Å². The molecular weight excluding hydrogens is 204 g/mol. The Morgan fingerprint density at radius 3 is 2.62 bits per heavy atom. The molecule has 2 fully saturated rings. The smallest absolute Gasteiger partial charge is 0.237 e. The van der Waals surface area contributed by atoms with Gasteiger partial charge in [0.1, 0.15) is 0 Å². The number of carbonyl (C=O) groups excluding carboxylic acids is 1. The predicted octanol–water partition coefficient (Wildman–Crippen LogP) is 0.406. The molecule has 1 heterocycles. The molecule has 2 rings (SSSR count). The minimum absolute atomic E-state index is 0.0363. The zero-order chi connectivity index (χ0) is 11.4. The van der Waals surface area contributed by atoms with Crippen LogP contribution in [0.5, 0.6) is 0 Å². The molecule has 0 spiro atoms. The normalized spacial score (nSPS) is 34.9. The lowest BCUT2D eigenvalue weighted by Crippen LogP contribution is -2.42. The van der Waals surface area contributed by atoms with Crippen LogP contribution in [-0.4, -0.2) is 36.2 Å². The third-order valence-electron chi connectivity index (χ3n) is 3.76. The molecule has 4 heteroatoms. The van der Waals surface area contributed by atoms with Crippen molar-refractivity contribution in [2.45, 2.75) is 50.7 Å². The van der Waals surface area contributed by atoms with E-state index in [1.54, 1.807) is 0 Å². The molecule has 0 bridgehead atoms. The number of amides is 1. The van der Waals surface area contributed by atoms with E-state index in [2.05, 4.69) is 10.6 Å². The molecule has 1 amide bonds. The Hall–Kier alpha value is -0.610. The second-order valence-electron chi connectivity index (χ2n) is 5.07. The standard InChI is InChI=1S/C12H22N2O2/c15-10-5-3-9(4-6-10)8-14-12(16)11-2-1-7-13-11/h9-11,13,15H,1-8H2,(H,14,16). The second kappa shape index (κ2) is 5.64. The monoisotopic (exact) mass is 226 g/mol. The highest BCUT2D eigenvalue weighted by atomic mass is 16.3. The van der Waals surface area contributed by atoms with Crippen LogP contribution in [0.3, 0.4) is 0 Å². The molecule has 1 unspecified atom stereocenters.